The van der Waals surface area contributed by atoms with Crippen LogP contribution >= 0.6 is 11.6 Å². The number of benzene rings is 2. The van der Waals surface area contributed by atoms with Crippen molar-refractivity contribution in [3.63, 3.8) is 0 Å². The van der Waals surface area contributed by atoms with E-state index in [0.29, 0.717) is 25.1 Å². The summed E-state index contributed by atoms with van der Waals surface area (Å²) in [5.41, 5.74) is 5.47. The van der Waals surface area contributed by atoms with Crippen molar-refractivity contribution in [2.75, 3.05) is 18.4 Å². The zero-order chi connectivity index (χ0) is 20.9. The normalized spacial score (nSPS) is 20.4. The number of carbonyl (C=O) groups is 2. The maximum Gasteiger partial charge on any atom is 0.411 e. The summed E-state index contributed by atoms with van der Waals surface area (Å²) in [6.45, 7) is 0.475. The lowest BCUT2D eigenvalue weighted by atomic mass is 9.72. The molecule has 2 aromatic carbocycles. The molecule has 0 aromatic heterocycles. The zero-order valence-corrected chi connectivity index (χ0v) is 16.5. The second-order valence-electron chi connectivity index (χ2n) is 7.26. The van der Waals surface area contributed by atoms with Crippen LogP contribution in [0.1, 0.15) is 28.8 Å². The maximum atomic E-state index is 14.4. The standard InChI is InChI=1S/C21H23ClFN3O3/c22-17-6-16(19(27)25-13-21(23)9-15(10-21)11-24)7-18(8-17)26-20(28)29-12-14-4-2-1-3-5-14/h1-8,15H,9-13,24H2,(H,25,27)(H,26,28). The highest BCUT2D eigenvalue weighted by Gasteiger charge is 2.44. The van der Waals surface area contributed by atoms with Gasteiger partial charge in [-0.25, -0.2) is 9.18 Å². The fourth-order valence-corrected chi connectivity index (χ4v) is 3.53. The number of alkyl halides is 1. The Kier molecular flexibility index (Phi) is 6.71. The highest BCUT2D eigenvalue weighted by molar-refractivity contribution is 6.31. The van der Waals surface area contributed by atoms with Gasteiger partial charge in [-0.3, -0.25) is 10.1 Å². The van der Waals surface area contributed by atoms with E-state index in [0.717, 1.165) is 5.56 Å². The second-order valence-corrected chi connectivity index (χ2v) is 7.70. The molecule has 4 N–H and O–H groups in total. The van der Waals surface area contributed by atoms with Crippen LogP contribution in [0, 0.1) is 5.92 Å². The van der Waals surface area contributed by atoms with E-state index in [1.807, 2.05) is 30.3 Å². The first kappa shape index (κ1) is 21.1. The Morgan fingerprint density at radius 1 is 1.21 bits per heavy atom. The number of anilines is 1. The summed E-state index contributed by atoms with van der Waals surface area (Å²) in [6, 6.07) is 13.6. The smallest absolute Gasteiger partial charge is 0.411 e. The molecular weight excluding hydrogens is 397 g/mol. The van der Waals surface area contributed by atoms with Crippen molar-refractivity contribution in [1.29, 1.82) is 0 Å². The number of hydrogen-bond donors (Lipinski definition) is 3. The van der Waals surface area contributed by atoms with Crippen LogP contribution in [0.2, 0.25) is 5.02 Å². The third-order valence-corrected chi connectivity index (χ3v) is 5.05. The monoisotopic (exact) mass is 419 g/mol. The molecule has 6 nitrogen and oxygen atoms in total. The number of halogens is 2. The van der Waals surface area contributed by atoms with Crippen LogP contribution < -0.4 is 16.4 Å². The Bertz CT molecular complexity index is 873. The zero-order valence-electron chi connectivity index (χ0n) is 15.8. The molecule has 29 heavy (non-hydrogen) atoms. The first-order valence-electron chi connectivity index (χ1n) is 9.32. The minimum atomic E-state index is -1.42. The molecule has 1 aliphatic carbocycles. The van der Waals surface area contributed by atoms with Crippen LogP contribution in [0.3, 0.4) is 0 Å². The molecule has 0 saturated heterocycles. The number of rotatable bonds is 7. The largest absolute Gasteiger partial charge is 0.444 e. The number of amides is 2. The first-order chi connectivity index (χ1) is 13.9. The summed E-state index contributed by atoms with van der Waals surface area (Å²) in [6.07, 6.45) is 0.0196. The van der Waals surface area contributed by atoms with E-state index >= 15 is 0 Å². The third kappa shape index (κ3) is 5.92. The van der Waals surface area contributed by atoms with E-state index in [1.54, 1.807) is 0 Å². The number of carbonyl (C=O) groups excluding carboxylic acids is 2. The Hall–Kier alpha value is -2.64. The number of ether oxygens (including phenoxy) is 1. The average Bonchev–Trinajstić information content (AvgIpc) is 2.68. The molecule has 154 valence electrons. The molecule has 2 aromatic rings. The van der Waals surface area contributed by atoms with E-state index in [9.17, 15) is 14.0 Å². The Morgan fingerprint density at radius 3 is 2.62 bits per heavy atom. The molecule has 1 saturated carbocycles. The van der Waals surface area contributed by atoms with Crippen molar-refractivity contribution in [3.8, 4) is 0 Å². The van der Waals surface area contributed by atoms with Gasteiger partial charge in [0, 0.05) is 16.3 Å². The lowest BCUT2D eigenvalue weighted by molar-refractivity contribution is 0.0122. The first-order valence-corrected chi connectivity index (χ1v) is 9.70. The third-order valence-electron chi connectivity index (χ3n) is 4.83. The Balaban J connectivity index is 1.54. The lowest BCUT2D eigenvalue weighted by Gasteiger charge is -2.40. The van der Waals surface area contributed by atoms with Crippen LogP contribution in [-0.4, -0.2) is 30.8 Å². The molecule has 8 heteroatoms. The van der Waals surface area contributed by atoms with Crippen LogP contribution in [0.15, 0.2) is 48.5 Å². The minimum Gasteiger partial charge on any atom is -0.444 e. The fraction of sp³-hybridized carbons (Fsp3) is 0.333. The summed E-state index contributed by atoms with van der Waals surface area (Å²) < 4.78 is 19.6. The van der Waals surface area contributed by atoms with Crippen molar-refractivity contribution in [2.45, 2.75) is 25.1 Å². The quantitative estimate of drug-likeness (QED) is 0.634. The average molecular weight is 420 g/mol. The van der Waals surface area contributed by atoms with Gasteiger partial charge in [0.1, 0.15) is 12.3 Å². The van der Waals surface area contributed by atoms with Gasteiger partial charge in [0.2, 0.25) is 0 Å². The van der Waals surface area contributed by atoms with E-state index < -0.39 is 17.7 Å². The number of hydrogen-bond acceptors (Lipinski definition) is 4. The molecule has 0 spiro atoms. The predicted octanol–water partition coefficient (Wildman–Crippen LogP) is 3.90. The van der Waals surface area contributed by atoms with Gasteiger partial charge in [-0.15, -0.1) is 0 Å². The minimum absolute atomic E-state index is 0.0866. The van der Waals surface area contributed by atoms with Crippen molar-refractivity contribution in [1.82, 2.24) is 5.32 Å². The topological polar surface area (TPSA) is 93.5 Å². The van der Waals surface area contributed by atoms with Gasteiger partial charge in [0.25, 0.3) is 5.91 Å². The molecule has 0 unspecified atom stereocenters. The number of nitrogens with one attached hydrogen (secondary N) is 2. The number of nitrogens with two attached hydrogens (primary N) is 1. The van der Waals surface area contributed by atoms with Crippen LogP contribution in [0.4, 0.5) is 14.9 Å². The molecular formula is C21H23ClFN3O3. The van der Waals surface area contributed by atoms with Gasteiger partial charge in [0.05, 0.1) is 6.54 Å². The van der Waals surface area contributed by atoms with Gasteiger partial charge in [-0.05, 0) is 49.1 Å². The summed E-state index contributed by atoms with van der Waals surface area (Å²) >= 11 is 6.06. The molecule has 3 rings (SSSR count). The van der Waals surface area contributed by atoms with Gasteiger partial charge in [-0.2, -0.15) is 0 Å². The van der Waals surface area contributed by atoms with Gasteiger partial charge in [0.15, 0.2) is 0 Å². The second kappa shape index (κ2) is 9.24. The molecule has 1 fully saturated rings. The summed E-state index contributed by atoms with van der Waals surface area (Å²) in [5.74, 6) is -0.304. The van der Waals surface area contributed by atoms with Crippen LogP contribution in [-0.2, 0) is 11.3 Å². The fourth-order valence-electron chi connectivity index (χ4n) is 3.30. The highest BCUT2D eigenvalue weighted by atomic mass is 35.5. The summed E-state index contributed by atoms with van der Waals surface area (Å²) in [4.78, 5) is 24.4. The van der Waals surface area contributed by atoms with Crippen LogP contribution in [0.25, 0.3) is 0 Å². The van der Waals surface area contributed by atoms with Crippen molar-refractivity contribution in [2.24, 2.45) is 11.7 Å². The Morgan fingerprint density at radius 2 is 1.93 bits per heavy atom. The molecule has 0 aliphatic heterocycles. The Labute approximate surface area is 173 Å². The summed E-state index contributed by atoms with van der Waals surface area (Å²) in [7, 11) is 0. The van der Waals surface area contributed by atoms with E-state index in [-0.39, 0.29) is 29.7 Å². The van der Waals surface area contributed by atoms with Gasteiger partial charge < -0.3 is 15.8 Å². The van der Waals surface area contributed by atoms with E-state index in [2.05, 4.69) is 10.6 Å². The summed E-state index contributed by atoms with van der Waals surface area (Å²) in [5, 5.41) is 5.39. The molecule has 0 heterocycles. The van der Waals surface area contributed by atoms with Crippen molar-refractivity contribution >= 4 is 29.3 Å². The lowest BCUT2D eigenvalue weighted by Crippen LogP contribution is -2.50. The molecule has 0 bridgehead atoms. The highest BCUT2D eigenvalue weighted by Crippen LogP contribution is 2.40. The van der Waals surface area contributed by atoms with Gasteiger partial charge >= 0.3 is 6.09 Å². The van der Waals surface area contributed by atoms with Crippen molar-refractivity contribution < 1.29 is 18.7 Å². The molecule has 2 amide bonds. The van der Waals surface area contributed by atoms with Crippen molar-refractivity contribution in [3.05, 3.63) is 64.7 Å². The maximum absolute atomic E-state index is 14.4. The predicted molar refractivity (Wildman–Crippen MR) is 110 cm³/mol. The van der Waals surface area contributed by atoms with Crippen LogP contribution in [0.5, 0.6) is 0 Å². The van der Waals surface area contributed by atoms with Gasteiger partial charge in [-0.1, -0.05) is 41.9 Å². The SMILES string of the molecule is NCC1CC(F)(CNC(=O)c2cc(Cl)cc(NC(=O)OCc3ccccc3)c2)C1. The van der Waals surface area contributed by atoms with E-state index in [4.69, 9.17) is 22.1 Å². The molecule has 0 radical (unpaired) electrons. The molecule has 1 aliphatic rings. The van der Waals surface area contributed by atoms with E-state index in [1.165, 1.54) is 18.2 Å². The molecule has 0 atom stereocenters.